The van der Waals surface area contributed by atoms with Gasteiger partial charge in [0.25, 0.3) is 5.91 Å². The van der Waals surface area contributed by atoms with Gasteiger partial charge in [0.1, 0.15) is 11.8 Å². The summed E-state index contributed by atoms with van der Waals surface area (Å²) in [5, 5.41) is 2.87. The zero-order chi connectivity index (χ0) is 20.4. The molecule has 0 saturated carbocycles. The first-order valence-electron chi connectivity index (χ1n) is 9.81. The van der Waals surface area contributed by atoms with Crippen LogP contribution >= 0.6 is 0 Å². The lowest BCUT2D eigenvalue weighted by Crippen LogP contribution is -2.50. The molecule has 0 unspecified atom stereocenters. The summed E-state index contributed by atoms with van der Waals surface area (Å²) in [7, 11) is 0. The molecule has 2 rings (SSSR count). The molecule has 2 aromatic rings. The van der Waals surface area contributed by atoms with Gasteiger partial charge >= 0.3 is 0 Å². The van der Waals surface area contributed by atoms with Crippen LogP contribution in [-0.2, 0) is 16.0 Å². The second-order valence-corrected chi connectivity index (χ2v) is 6.89. The van der Waals surface area contributed by atoms with E-state index in [0.717, 1.165) is 17.5 Å². The van der Waals surface area contributed by atoms with Crippen molar-refractivity contribution >= 4 is 11.8 Å². The Hall–Kier alpha value is -2.82. The van der Waals surface area contributed by atoms with Gasteiger partial charge in [0, 0.05) is 13.1 Å². The van der Waals surface area contributed by atoms with E-state index in [-0.39, 0.29) is 18.4 Å². The molecule has 5 heteroatoms. The minimum absolute atomic E-state index is 0.0940. The number of carbonyl (C=O) groups is 2. The zero-order valence-corrected chi connectivity index (χ0v) is 17.0. The van der Waals surface area contributed by atoms with Gasteiger partial charge < -0.3 is 15.0 Å². The Labute approximate surface area is 167 Å². The Morgan fingerprint density at radius 3 is 2.39 bits per heavy atom. The third kappa shape index (κ3) is 6.72. The molecule has 1 N–H and O–H groups in total. The highest BCUT2D eigenvalue weighted by Gasteiger charge is 2.25. The monoisotopic (exact) mass is 382 g/mol. The van der Waals surface area contributed by atoms with Crippen molar-refractivity contribution < 1.29 is 14.3 Å². The van der Waals surface area contributed by atoms with E-state index in [1.54, 1.807) is 11.8 Å². The number of benzene rings is 2. The van der Waals surface area contributed by atoms with E-state index in [9.17, 15) is 9.59 Å². The van der Waals surface area contributed by atoms with E-state index in [4.69, 9.17) is 4.74 Å². The number of hydrogen-bond donors (Lipinski definition) is 1. The predicted molar refractivity (Wildman–Crippen MR) is 111 cm³/mol. The summed E-state index contributed by atoms with van der Waals surface area (Å²) in [5.74, 6) is 0.305. The van der Waals surface area contributed by atoms with Gasteiger partial charge in [-0.2, -0.15) is 0 Å². The van der Waals surface area contributed by atoms with E-state index in [1.807, 2.05) is 68.4 Å². The van der Waals surface area contributed by atoms with E-state index in [2.05, 4.69) is 5.32 Å². The number of rotatable bonds is 10. The summed E-state index contributed by atoms with van der Waals surface area (Å²) in [6, 6.07) is 17.0. The van der Waals surface area contributed by atoms with Gasteiger partial charge in [-0.1, -0.05) is 55.0 Å². The SMILES string of the molecule is CCCNC(=O)[C@@H](C)N(CCc1ccccc1)C(=O)COc1ccc(C)cc1. The van der Waals surface area contributed by atoms with Gasteiger partial charge in [-0.05, 0) is 44.4 Å². The maximum absolute atomic E-state index is 12.8. The van der Waals surface area contributed by atoms with Crippen LogP contribution in [0.3, 0.4) is 0 Å². The maximum Gasteiger partial charge on any atom is 0.261 e. The van der Waals surface area contributed by atoms with Crippen LogP contribution in [0.4, 0.5) is 0 Å². The molecule has 0 aliphatic heterocycles. The van der Waals surface area contributed by atoms with Gasteiger partial charge in [-0.25, -0.2) is 0 Å². The Bertz CT molecular complexity index is 744. The zero-order valence-electron chi connectivity index (χ0n) is 17.0. The highest BCUT2D eigenvalue weighted by atomic mass is 16.5. The molecule has 5 nitrogen and oxygen atoms in total. The number of amides is 2. The Balaban J connectivity index is 2.03. The van der Waals surface area contributed by atoms with Gasteiger partial charge in [0.05, 0.1) is 0 Å². The van der Waals surface area contributed by atoms with Gasteiger partial charge in [-0.3, -0.25) is 9.59 Å². The molecule has 0 heterocycles. The van der Waals surface area contributed by atoms with E-state index < -0.39 is 6.04 Å². The minimum Gasteiger partial charge on any atom is -0.484 e. The molecule has 1 atom stereocenters. The van der Waals surface area contributed by atoms with Gasteiger partial charge in [0.15, 0.2) is 6.61 Å². The van der Waals surface area contributed by atoms with Crippen LogP contribution in [0.5, 0.6) is 5.75 Å². The predicted octanol–water partition coefficient (Wildman–Crippen LogP) is 3.36. The van der Waals surface area contributed by atoms with Crippen molar-refractivity contribution in [3.63, 3.8) is 0 Å². The second kappa shape index (κ2) is 11.1. The highest BCUT2D eigenvalue weighted by molar-refractivity contribution is 5.87. The summed E-state index contributed by atoms with van der Waals surface area (Å²) >= 11 is 0. The number of aryl methyl sites for hydroxylation is 1. The van der Waals surface area contributed by atoms with Crippen LogP contribution in [-0.4, -0.2) is 42.5 Å². The molecule has 0 spiro atoms. The first-order chi connectivity index (χ1) is 13.5. The van der Waals surface area contributed by atoms with Crippen molar-refractivity contribution in [2.45, 2.75) is 39.7 Å². The maximum atomic E-state index is 12.8. The van der Waals surface area contributed by atoms with Crippen molar-refractivity contribution in [2.24, 2.45) is 0 Å². The van der Waals surface area contributed by atoms with Crippen LogP contribution in [0.2, 0.25) is 0 Å². The van der Waals surface area contributed by atoms with Crippen LogP contribution in [0.15, 0.2) is 54.6 Å². The Morgan fingerprint density at radius 2 is 1.75 bits per heavy atom. The normalized spacial score (nSPS) is 11.5. The van der Waals surface area contributed by atoms with Crippen molar-refractivity contribution in [1.29, 1.82) is 0 Å². The summed E-state index contributed by atoms with van der Waals surface area (Å²) in [6.45, 7) is 6.73. The average Bonchev–Trinajstić information content (AvgIpc) is 2.72. The average molecular weight is 383 g/mol. The van der Waals surface area contributed by atoms with Crippen LogP contribution in [0, 0.1) is 6.92 Å². The third-order valence-corrected chi connectivity index (χ3v) is 4.58. The van der Waals surface area contributed by atoms with E-state index >= 15 is 0 Å². The lowest BCUT2D eigenvalue weighted by molar-refractivity contribution is -0.141. The number of nitrogens with zero attached hydrogens (tertiary/aromatic N) is 1. The van der Waals surface area contributed by atoms with Crippen molar-refractivity contribution in [3.8, 4) is 5.75 Å². The number of ether oxygens (including phenoxy) is 1. The molecule has 150 valence electrons. The smallest absolute Gasteiger partial charge is 0.261 e. The molecule has 2 amide bonds. The summed E-state index contributed by atoms with van der Waals surface area (Å²) in [5.41, 5.74) is 2.25. The summed E-state index contributed by atoms with van der Waals surface area (Å²) in [6.07, 6.45) is 1.54. The highest BCUT2D eigenvalue weighted by Crippen LogP contribution is 2.12. The largest absolute Gasteiger partial charge is 0.484 e. The van der Waals surface area contributed by atoms with Crippen LogP contribution in [0.1, 0.15) is 31.4 Å². The second-order valence-electron chi connectivity index (χ2n) is 6.89. The molecule has 0 fully saturated rings. The Morgan fingerprint density at radius 1 is 1.07 bits per heavy atom. The van der Waals surface area contributed by atoms with E-state index in [0.29, 0.717) is 25.3 Å². The first kappa shape index (κ1) is 21.5. The number of hydrogen-bond acceptors (Lipinski definition) is 3. The molecule has 0 aliphatic carbocycles. The van der Waals surface area contributed by atoms with Crippen molar-refractivity contribution in [2.75, 3.05) is 19.7 Å². The molecule has 2 aromatic carbocycles. The fraction of sp³-hybridized carbons (Fsp3) is 0.391. The van der Waals surface area contributed by atoms with Crippen molar-refractivity contribution in [3.05, 3.63) is 65.7 Å². The van der Waals surface area contributed by atoms with Gasteiger partial charge in [0.2, 0.25) is 5.91 Å². The minimum atomic E-state index is -0.551. The lowest BCUT2D eigenvalue weighted by atomic mass is 10.1. The molecular formula is C23H30N2O3. The van der Waals surface area contributed by atoms with Crippen LogP contribution in [0.25, 0.3) is 0 Å². The molecule has 0 aromatic heterocycles. The molecule has 0 radical (unpaired) electrons. The van der Waals surface area contributed by atoms with Crippen molar-refractivity contribution in [1.82, 2.24) is 10.2 Å². The standard InChI is InChI=1S/C23H30N2O3/c1-4-15-24-23(27)19(3)25(16-14-20-8-6-5-7-9-20)22(26)17-28-21-12-10-18(2)11-13-21/h5-13,19H,4,14-17H2,1-3H3,(H,24,27)/t19-/m1/s1. The fourth-order valence-electron chi connectivity index (χ4n) is 2.83. The lowest BCUT2D eigenvalue weighted by Gasteiger charge is -2.28. The third-order valence-electron chi connectivity index (χ3n) is 4.58. The molecular weight excluding hydrogens is 352 g/mol. The van der Waals surface area contributed by atoms with E-state index in [1.165, 1.54) is 0 Å². The molecule has 0 saturated heterocycles. The fourth-order valence-corrected chi connectivity index (χ4v) is 2.83. The molecule has 0 bridgehead atoms. The molecule has 0 aliphatic rings. The van der Waals surface area contributed by atoms with Crippen LogP contribution < -0.4 is 10.1 Å². The Kier molecular flexibility index (Phi) is 8.53. The number of nitrogens with one attached hydrogen (secondary N) is 1. The number of carbonyl (C=O) groups excluding carboxylic acids is 2. The topological polar surface area (TPSA) is 58.6 Å². The quantitative estimate of drug-likeness (QED) is 0.685. The first-order valence-corrected chi connectivity index (χ1v) is 9.81. The summed E-state index contributed by atoms with van der Waals surface area (Å²) in [4.78, 5) is 26.9. The summed E-state index contributed by atoms with van der Waals surface area (Å²) < 4.78 is 5.64. The van der Waals surface area contributed by atoms with Gasteiger partial charge in [-0.15, -0.1) is 0 Å². The molecule has 28 heavy (non-hydrogen) atoms.